The molecule has 1 N–H and O–H groups in total. The van der Waals surface area contributed by atoms with Gasteiger partial charge in [-0.15, -0.1) is 6.58 Å². The summed E-state index contributed by atoms with van der Waals surface area (Å²) >= 11 is 0. The van der Waals surface area contributed by atoms with Gasteiger partial charge in [0.25, 0.3) is 0 Å². The van der Waals surface area contributed by atoms with Crippen molar-refractivity contribution in [2.75, 3.05) is 13.1 Å². The van der Waals surface area contributed by atoms with Gasteiger partial charge in [0.2, 0.25) is 0 Å². The fourth-order valence-electron chi connectivity index (χ4n) is 1.95. The Labute approximate surface area is 76.2 Å². The van der Waals surface area contributed by atoms with E-state index in [1.165, 1.54) is 31.4 Å². The Balaban J connectivity index is 2.15. The third-order valence-corrected chi connectivity index (χ3v) is 2.84. The molecule has 1 nitrogen and oxygen atoms in total. The van der Waals surface area contributed by atoms with Crippen LogP contribution in [0.15, 0.2) is 12.2 Å². The summed E-state index contributed by atoms with van der Waals surface area (Å²) in [5.41, 5.74) is 1.35. The third-order valence-electron chi connectivity index (χ3n) is 2.84. The van der Waals surface area contributed by atoms with Gasteiger partial charge in [-0.3, -0.25) is 0 Å². The first kappa shape index (κ1) is 9.79. The zero-order chi connectivity index (χ0) is 8.97. The number of nitrogens with one attached hydrogen (secondary N) is 1. The molecule has 2 atom stereocenters. The van der Waals surface area contributed by atoms with Crippen molar-refractivity contribution < 1.29 is 0 Å². The maximum atomic E-state index is 3.97. The van der Waals surface area contributed by atoms with Crippen molar-refractivity contribution in [2.24, 2.45) is 11.8 Å². The van der Waals surface area contributed by atoms with Gasteiger partial charge in [0.1, 0.15) is 0 Å². The molecule has 1 aliphatic rings. The van der Waals surface area contributed by atoms with Gasteiger partial charge in [0, 0.05) is 0 Å². The number of hydrogen-bond acceptors (Lipinski definition) is 1. The average Bonchev–Trinajstić information content (AvgIpc) is 1.99. The number of rotatable bonds is 5. The first-order valence-electron chi connectivity index (χ1n) is 5.09. The monoisotopic (exact) mass is 167 g/mol. The van der Waals surface area contributed by atoms with E-state index in [9.17, 15) is 0 Å². The van der Waals surface area contributed by atoms with Gasteiger partial charge in [0.15, 0.2) is 0 Å². The highest BCUT2D eigenvalue weighted by atomic mass is 14.9. The molecule has 0 bridgehead atoms. The van der Waals surface area contributed by atoms with E-state index in [-0.39, 0.29) is 0 Å². The Morgan fingerprint density at radius 3 is 2.50 bits per heavy atom. The van der Waals surface area contributed by atoms with Crippen LogP contribution in [0.25, 0.3) is 0 Å². The second-order valence-electron chi connectivity index (χ2n) is 4.07. The van der Waals surface area contributed by atoms with E-state index in [0.29, 0.717) is 0 Å². The van der Waals surface area contributed by atoms with Crippen molar-refractivity contribution in [3.05, 3.63) is 12.2 Å². The first-order valence-corrected chi connectivity index (χ1v) is 5.09. The van der Waals surface area contributed by atoms with Crippen LogP contribution in [0.1, 0.15) is 33.1 Å². The molecule has 70 valence electrons. The number of allylic oxidation sites excluding steroid dienone is 1. The third kappa shape index (κ3) is 2.63. The van der Waals surface area contributed by atoms with Gasteiger partial charge in [0.05, 0.1) is 0 Å². The maximum absolute atomic E-state index is 3.97. The zero-order valence-corrected chi connectivity index (χ0v) is 8.40. The van der Waals surface area contributed by atoms with E-state index in [0.717, 1.165) is 18.4 Å². The highest BCUT2D eigenvalue weighted by Crippen LogP contribution is 2.37. The van der Waals surface area contributed by atoms with Gasteiger partial charge < -0.3 is 5.32 Å². The molecule has 0 aromatic heterocycles. The van der Waals surface area contributed by atoms with Crippen molar-refractivity contribution in [1.29, 1.82) is 0 Å². The van der Waals surface area contributed by atoms with Crippen molar-refractivity contribution in [3.8, 4) is 0 Å². The molecule has 0 spiro atoms. The quantitative estimate of drug-likeness (QED) is 0.621. The molecule has 1 rings (SSSR count). The van der Waals surface area contributed by atoms with Crippen LogP contribution >= 0.6 is 0 Å². The normalized spacial score (nSPS) is 28.2. The Morgan fingerprint density at radius 2 is 2.08 bits per heavy atom. The largest absolute Gasteiger partial charge is 0.317 e. The lowest BCUT2D eigenvalue weighted by atomic mass is 9.71. The summed E-state index contributed by atoms with van der Waals surface area (Å²) in [4.78, 5) is 0. The SMILES string of the molecule is C=C(C)CC1CCC1CNCC. The van der Waals surface area contributed by atoms with Crippen molar-refractivity contribution in [2.45, 2.75) is 33.1 Å². The molecular formula is C11H21N. The topological polar surface area (TPSA) is 12.0 Å². The second-order valence-corrected chi connectivity index (χ2v) is 4.07. The van der Waals surface area contributed by atoms with Gasteiger partial charge >= 0.3 is 0 Å². The summed E-state index contributed by atoms with van der Waals surface area (Å²) in [7, 11) is 0. The van der Waals surface area contributed by atoms with Crippen LogP contribution in [-0.2, 0) is 0 Å². The van der Waals surface area contributed by atoms with E-state index in [4.69, 9.17) is 0 Å². The van der Waals surface area contributed by atoms with Crippen molar-refractivity contribution in [1.82, 2.24) is 5.32 Å². The van der Waals surface area contributed by atoms with Crippen LogP contribution in [0, 0.1) is 11.8 Å². The molecule has 0 saturated heterocycles. The summed E-state index contributed by atoms with van der Waals surface area (Å²) in [5, 5.41) is 3.42. The van der Waals surface area contributed by atoms with Crippen LogP contribution in [0.4, 0.5) is 0 Å². The Morgan fingerprint density at radius 1 is 1.42 bits per heavy atom. The molecule has 0 aromatic carbocycles. The molecule has 12 heavy (non-hydrogen) atoms. The predicted molar refractivity (Wildman–Crippen MR) is 54.2 cm³/mol. The minimum Gasteiger partial charge on any atom is -0.317 e. The first-order chi connectivity index (χ1) is 5.74. The van der Waals surface area contributed by atoms with E-state index in [1.807, 2.05) is 0 Å². The molecule has 0 aromatic rings. The van der Waals surface area contributed by atoms with Crippen LogP contribution in [0.2, 0.25) is 0 Å². The predicted octanol–water partition coefficient (Wildman–Crippen LogP) is 2.59. The molecule has 0 radical (unpaired) electrons. The van der Waals surface area contributed by atoms with Crippen molar-refractivity contribution in [3.63, 3.8) is 0 Å². The summed E-state index contributed by atoms with van der Waals surface area (Å²) in [6.45, 7) is 10.6. The van der Waals surface area contributed by atoms with E-state index >= 15 is 0 Å². The molecule has 1 fully saturated rings. The smallest absolute Gasteiger partial charge is 0.00179 e. The number of hydrogen-bond donors (Lipinski definition) is 1. The van der Waals surface area contributed by atoms with Gasteiger partial charge in [-0.1, -0.05) is 12.5 Å². The van der Waals surface area contributed by atoms with Crippen molar-refractivity contribution >= 4 is 0 Å². The van der Waals surface area contributed by atoms with E-state index in [1.54, 1.807) is 0 Å². The summed E-state index contributed by atoms with van der Waals surface area (Å²) in [6, 6.07) is 0. The van der Waals surface area contributed by atoms with Gasteiger partial charge in [-0.05, 0) is 51.1 Å². The Kier molecular flexibility index (Phi) is 3.80. The lowest BCUT2D eigenvalue weighted by Gasteiger charge is -2.37. The molecule has 0 heterocycles. The van der Waals surface area contributed by atoms with Gasteiger partial charge in [-0.2, -0.15) is 0 Å². The maximum Gasteiger partial charge on any atom is -0.00179 e. The van der Waals surface area contributed by atoms with E-state index < -0.39 is 0 Å². The highest BCUT2D eigenvalue weighted by Gasteiger charge is 2.29. The Bertz CT molecular complexity index is 151. The second kappa shape index (κ2) is 4.66. The average molecular weight is 167 g/mol. The molecule has 1 saturated carbocycles. The lowest BCUT2D eigenvalue weighted by molar-refractivity contribution is 0.172. The molecule has 0 aliphatic heterocycles. The summed E-state index contributed by atoms with van der Waals surface area (Å²) < 4.78 is 0. The molecule has 0 amide bonds. The molecule has 1 heteroatoms. The fraction of sp³-hybridized carbons (Fsp3) is 0.818. The fourth-order valence-corrected chi connectivity index (χ4v) is 1.95. The Hall–Kier alpha value is -0.300. The standard InChI is InChI=1S/C11H21N/c1-4-12-8-11-6-5-10(11)7-9(2)3/h10-12H,2,4-8H2,1,3H3. The van der Waals surface area contributed by atoms with Crippen LogP contribution in [-0.4, -0.2) is 13.1 Å². The summed E-state index contributed by atoms with van der Waals surface area (Å²) in [5.74, 6) is 1.86. The van der Waals surface area contributed by atoms with Crippen LogP contribution in [0.3, 0.4) is 0 Å². The molecule has 1 aliphatic carbocycles. The minimum absolute atomic E-state index is 0.932. The molecule has 2 unspecified atom stereocenters. The minimum atomic E-state index is 0.932. The van der Waals surface area contributed by atoms with Gasteiger partial charge in [-0.25, -0.2) is 0 Å². The van der Waals surface area contributed by atoms with Crippen LogP contribution in [0.5, 0.6) is 0 Å². The molecular weight excluding hydrogens is 146 g/mol. The zero-order valence-electron chi connectivity index (χ0n) is 8.40. The lowest BCUT2D eigenvalue weighted by Crippen LogP contribution is -2.35. The van der Waals surface area contributed by atoms with E-state index in [2.05, 4.69) is 25.7 Å². The van der Waals surface area contributed by atoms with Crippen LogP contribution < -0.4 is 5.32 Å². The highest BCUT2D eigenvalue weighted by molar-refractivity contribution is 4.95. The summed E-state index contributed by atoms with van der Waals surface area (Å²) in [6.07, 6.45) is 4.09.